The van der Waals surface area contributed by atoms with E-state index in [2.05, 4.69) is 25.7 Å². The van der Waals surface area contributed by atoms with Crippen molar-refractivity contribution in [1.29, 1.82) is 0 Å². The summed E-state index contributed by atoms with van der Waals surface area (Å²) in [6.07, 6.45) is 3.56. The molecule has 27 heavy (non-hydrogen) atoms. The molecule has 2 rings (SSSR count). The lowest BCUT2D eigenvalue weighted by molar-refractivity contribution is -0.133. The fraction of sp³-hybridized carbons (Fsp3) is 0.652. The molecule has 0 bridgehead atoms. The molecule has 1 amide bonds. The molecule has 0 radical (unpaired) electrons. The fourth-order valence-corrected chi connectivity index (χ4v) is 3.50. The smallest absolute Gasteiger partial charge is 0.222 e. The van der Waals surface area contributed by atoms with Gasteiger partial charge in [-0.2, -0.15) is 0 Å². The van der Waals surface area contributed by atoms with Crippen molar-refractivity contribution in [1.82, 2.24) is 9.80 Å². The quantitative estimate of drug-likeness (QED) is 0.677. The third kappa shape index (κ3) is 7.10. The van der Waals surface area contributed by atoms with Crippen LogP contribution in [-0.4, -0.2) is 54.2 Å². The molecule has 4 heteroatoms. The summed E-state index contributed by atoms with van der Waals surface area (Å²) in [6.45, 7) is 15.3. The van der Waals surface area contributed by atoms with E-state index in [-0.39, 0.29) is 11.7 Å². The van der Waals surface area contributed by atoms with E-state index in [1.165, 1.54) is 12.0 Å². The van der Waals surface area contributed by atoms with E-state index in [0.717, 1.165) is 56.7 Å². The summed E-state index contributed by atoms with van der Waals surface area (Å²) >= 11 is 0. The van der Waals surface area contributed by atoms with E-state index >= 15 is 0 Å². The van der Waals surface area contributed by atoms with Gasteiger partial charge in [0.25, 0.3) is 0 Å². The third-order valence-electron chi connectivity index (χ3n) is 5.49. The molecule has 0 aliphatic carbocycles. The third-order valence-corrected chi connectivity index (χ3v) is 5.49. The molecule has 0 spiro atoms. The summed E-state index contributed by atoms with van der Waals surface area (Å²) < 4.78 is 0. The van der Waals surface area contributed by atoms with Gasteiger partial charge in [-0.15, -0.1) is 0 Å². The minimum atomic E-state index is 0.0986. The lowest BCUT2D eigenvalue weighted by atomic mass is 9.92. The fourth-order valence-electron chi connectivity index (χ4n) is 3.50. The Kier molecular flexibility index (Phi) is 7.60. The van der Waals surface area contributed by atoms with Crippen LogP contribution in [0.15, 0.2) is 18.2 Å². The molecule has 1 aromatic carbocycles. The molecular formula is C23H36N2O2. The van der Waals surface area contributed by atoms with Crippen LogP contribution in [0.1, 0.15) is 68.4 Å². The lowest BCUT2D eigenvalue weighted by Crippen LogP contribution is -2.49. The Balaban J connectivity index is 1.72. The van der Waals surface area contributed by atoms with Crippen LogP contribution in [0.2, 0.25) is 0 Å². The Bertz CT molecular complexity index is 653. The van der Waals surface area contributed by atoms with Crippen LogP contribution < -0.4 is 0 Å². The minimum Gasteiger partial charge on any atom is -0.340 e. The molecule has 0 atom stereocenters. The van der Waals surface area contributed by atoms with Crippen molar-refractivity contribution in [3.8, 4) is 0 Å². The molecule has 1 heterocycles. The predicted molar refractivity (Wildman–Crippen MR) is 111 cm³/mol. The molecule has 1 saturated heterocycles. The first-order chi connectivity index (χ1) is 12.7. The topological polar surface area (TPSA) is 40.6 Å². The van der Waals surface area contributed by atoms with Crippen LogP contribution in [0.4, 0.5) is 0 Å². The summed E-state index contributed by atoms with van der Waals surface area (Å²) in [5.41, 5.74) is 3.51. The summed E-state index contributed by atoms with van der Waals surface area (Å²) in [4.78, 5) is 28.5. The second-order valence-corrected chi connectivity index (χ2v) is 9.08. The van der Waals surface area contributed by atoms with Crippen LogP contribution in [0.25, 0.3) is 0 Å². The normalized spacial score (nSPS) is 15.8. The first-order valence-corrected chi connectivity index (χ1v) is 10.3. The standard InChI is InChI=1S/C23H36N2O2/c1-18-17-21(19(2)26)10-9-20(18)7-6-8-22(27)25-15-13-24(14-16-25)12-11-23(3,4)5/h9-10,17H,6-8,11-16H2,1-5H3. The van der Waals surface area contributed by atoms with E-state index in [1.807, 2.05) is 30.0 Å². The first kappa shape index (κ1) is 21.6. The summed E-state index contributed by atoms with van der Waals surface area (Å²) in [5, 5.41) is 0. The van der Waals surface area contributed by atoms with E-state index in [1.54, 1.807) is 6.92 Å². The monoisotopic (exact) mass is 372 g/mol. The molecule has 1 aliphatic rings. The Morgan fingerprint density at radius 2 is 1.74 bits per heavy atom. The maximum atomic E-state index is 12.5. The number of rotatable bonds is 7. The number of aryl methyl sites for hydroxylation is 2. The number of Topliss-reactive ketones (excluding diaryl/α,β-unsaturated/α-hetero) is 1. The number of ketones is 1. The van der Waals surface area contributed by atoms with Gasteiger partial charge in [0, 0.05) is 38.2 Å². The highest BCUT2D eigenvalue weighted by Gasteiger charge is 2.22. The van der Waals surface area contributed by atoms with Crippen molar-refractivity contribution >= 4 is 11.7 Å². The number of carbonyl (C=O) groups is 2. The van der Waals surface area contributed by atoms with E-state index in [9.17, 15) is 9.59 Å². The SMILES string of the molecule is CC(=O)c1ccc(CCCC(=O)N2CCN(CCC(C)(C)C)CC2)c(C)c1. The Morgan fingerprint density at radius 1 is 1.07 bits per heavy atom. The molecule has 150 valence electrons. The van der Waals surface area contributed by atoms with Crippen molar-refractivity contribution in [3.05, 3.63) is 34.9 Å². The predicted octanol–water partition coefficient (Wildman–Crippen LogP) is 4.10. The number of hydrogen-bond donors (Lipinski definition) is 0. The van der Waals surface area contributed by atoms with Crippen molar-refractivity contribution in [2.75, 3.05) is 32.7 Å². The van der Waals surface area contributed by atoms with Crippen LogP contribution in [0.3, 0.4) is 0 Å². The molecule has 0 aromatic heterocycles. The van der Waals surface area contributed by atoms with Gasteiger partial charge >= 0.3 is 0 Å². The number of amides is 1. The Labute approximate surface area is 164 Å². The molecule has 0 unspecified atom stereocenters. The van der Waals surface area contributed by atoms with Gasteiger partial charge in [0.05, 0.1) is 0 Å². The van der Waals surface area contributed by atoms with Gasteiger partial charge in [0.15, 0.2) is 5.78 Å². The van der Waals surface area contributed by atoms with Gasteiger partial charge < -0.3 is 4.90 Å². The molecule has 1 fully saturated rings. The zero-order valence-corrected chi connectivity index (χ0v) is 17.8. The average molecular weight is 373 g/mol. The molecule has 0 N–H and O–H groups in total. The van der Waals surface area contributed by atoms with Crippen LogP contribution in [0.5, 0.6) is 0 Å². The molecule has 4 nitrogen and oxygen atoms in total. The van der Waals surface area contributed by atoms with Crippen molar-refractivity contribution in [2.45, 2.75) is 60.3 Å². The van der Waals surface area contributed by atoms with E-state index in [4.69, 9.17) is 0 Å². The van der Waals surface area contributed by atoms with Crippen LogP contribution >= 0.6 is 0 Å². The highest BCUT2D eigenvalue weighted by molar-refractivity contribution is 5.94. The highest BCUT2D eigenvalue weighted by Crippen LogP contribution is 2.19. The zero-order valence-electron chi connectivity index (χ0n) is 17.8. The largest absolute Gasteiger partial charge is 0.340 e. The first-order valence-electron chi connectivity index (χ1n) is 10.3. The van der Waals surface area contributed by atoms with Gasteiger partial charge in [0.2, 0.25) is 5.91 Å². The lowest BCUT2D eigenvalue weighted by Gasteiger charge is -2.36. The zero-order chi connectivity index (χ0) is 20.0. The van der Waals surface area contributed by atoms with Crippen molar-refractivity contribution in [2.24, 2.45) is 5.41 Å². The summed E-state index contributed by atoms with van der Waals surface area (Å²) in [7, 11) is 0. The van der Waals surface area contributed by atoms with Crippen molar-refractivity contribution in [3.63, 3.8) is 0 Å². The van der Waals surface area contributed by atoms with Gasteiger partial charge in [-0.05, 0) is 62.3 Å². The van der Waals surface area contributed by atoms with E-state index < -0.39 is 0 Å². The number of hydrogen-bond acceptors (Lipinski definition) is 3. The van der Waals surface area contributed by atoms with Gasteiger partial charge in [-0.1, -0.05) is 32.9 Å². The van der Waals surface area contributed by atoms with Crippen LogP contribution in [0, 0.1) is 12.3 Å². The second kappa shape index (κ2) is 9.50. The number of nitrogens with zero attached hydrogens (tertiary/aromatic N) is 2. The van der Waals surface area contributed by atoms with Gasteiger partial charge in [-0.3, -0.25) is 14.5 Å². The molecule has 0 saturated carbocycles. The molecule has 1 aromatic rings. The van der Waals surface area contributed by atoms with Gasteiger partial charge in [0.1, 0.15) is 0 Å². The average Bonchev–Trinajstić information content (AvgIpc) is 2.61. The summed E-state index contributed by atoms with van der Waals surface area (Å²) in [5.74, 6) is 0.380. The molecule has 1 aliphatic heterocycles. The Hall–Kier alpha value is -1.68. The number of piperazine rings is 1. The minimum absolute atomic E-state index is 0.0986. The molecular weight excluding hydrogens is 336 g/mol. The second-order valence-electron chi connectivity index (χ2n) is 9.08. The number of carbonyl (C=O) groups excluding carboxylic acids is 2. The van der Waals surface area contributed by atoms with Gasteiger partial charge in [-0.25, -0.2) is 0 Å². The number of benzene rings is 1. The highest BCUT2D eigenvalue weighted by atomic mass is 16.2. The Morgan fingerprint density at radius 3 is 2.30 bits per heavy atom. The van der Waals surface area contributed by atoms with E-state index in [0.29, 0.717) is 11.8 Å². The van der Waals surface area contributed by atoms with Crippen molar-refractivity contribution < 1.29 is 9.59 Å². The maximum Gasteiger partial charge on any atom is 0.222 e. The van der Waals surface area contributed by atoms with Crippen LogP contribution in [-0.2, 0) is 11.2 Å². The maximum absolute atomic E-state index is 12.5. The summed E-state index contributed by atoms with van der Waals surface area (Å²) in [6, 6.07) is 5.88.